The Balaban J connectivity index is 1.53. The van der Waals surface area contributed by atoms with Crippen LogP contribution < -0.4 is 0 Å². The molecule has 3 heterocycles. The van der Waals surface area contributed by atoms with Gasteiger partial charge in [0.15, 0.2) is 5.60 Å². The maximum absolute atomic E-state index is 12.9. The average Bonchev–Trinajstić information content (AvgIpc) is 3.09. The highest BCUT2D eigenvalue weighted by atomic mass is 19.4. The monoisotopic (exact) mass is 363 g/mol. The standard InChI is InChI=1S/C20H20F3NO2/c21-20(22,23)13-6-4-12(5-7-13)15-9-14-10-18(25)26-19(14)11-16(15)24-8-2-1-3-17(19)24/h4-7,10,15-17H,1-3,8-9,11H2/t15-,16-,17+,19-/m0/s1. The second-order valence-corrected chi connectivity index (χ2v) is 7.93. The van der Waals surface area contributed by atoms with Crippen LogP contribution in [0, 0.1) is 0 Å². The normalized spacial score (nSPS) is 36.3. The topological polar surface area (TPSA) is 29.5 Å². The largest absolute Gasteiger partial charge is 0.450 e. The third-order valence-electron chi connectivity index (χ3n) is 6.71. The summed E-state index contributed by atoms with van der Waals surface area (Å²) >= 11 is 0. The molecule has 4 atom stereocenters. The fourth-order valence-corrected chi connectivity index (χ4v) is 5.65. The summed E-state index contributed by atoms with van der Waals surface area (Å²) in [6.45, 7) is 0.971. The summed E-state index contributed by atoms with van der Waals surface area (Å²) in [6, 6.07) is 6.00. The van der Waals surface area contributed by atoms with Gasteiger partial charge in [0.25, 0.3) is 0 Å². The molecule has 1 aromatic carbocycles. The summed E-state index contributed by atoms with van der Waals surface area (Å²) in [7, 11) is 0. The molecule has 6 heteroatoms. The van der Waals surface area contributed by atoms with Gasteiger partial charge in [0.05, 0.1) is 11.6 Å². The Morgan fingerprint density at radius 2 is 1.92 bits per heavy atom. The fourth-order valence-electron chi connectivity index (χ4n) is 5.65. The highest BCUT2D eigenvalue weighted by Crippen LogP contribution is 2.57. The Kier molecular flexibility index (Phi) is 3.36. The van der Waals surface area contributed by atoms with Crippen molar-refractivity contribution in [1.29, 1.82) is 0 Å². The highest BCUT2D eigenvalue weighted by molar-refractivity contribution is 5.87. The van der Waals surface area contributed by atoms with Crippen LogP contribution in [0.1, 0.15) is 49.1 Å². The molecule has 2 saturated heterocycles. The van der Waals surface area contributed by atoms with Crippen molar-refractivity contribution in [3.63, 3.8) is 0 Å². The van der Waals surface area contributed by atoms with Gasteiger partial charge in [-0.25, -0.2) is 4.79 Å². The lowest BCUT2D eigenvalue weighted by molar-refractivity contribution is -0.148. The number of alkyl halides is 3. The van der Waals surface area contributed by atoms with Gasteiger partial charge in [-0.05, 0) is 49.1 Å². The summed E-state index contributed by atoms with van der Waals surface area (Å²) in [6.07, 6.45) is 2.03. The molecule has 2 bridgehead atoms. The van der Waals surface area contributed by atoms with E-state index in [0.717, 1.165) is 43.4 Å². The summed E-state index contributed by atoms with van der Waals surface area (Å²) in [5, 5.41) is 0. The number of halogens is 3. The molecule has 1 spiro atoms. The van der Waals surface area contributed by atoms with Crippen LogP contribution in [-0.4, -0.2) is 35.1 Å². The highest BCUT2D eigenvalue weighted by Gasteiger charge is 2.63. The number of ether oxygens (including phenoxy) is 1. The van der Waals surface area contributed by atoms with Gasteiger partial charge in [-0.3, -0.25) is 4.90 Å². The first kappa shape index (κ1) is 16.4. The number of hydrogen-bond acceptors (Lipinski definition) is 3. The average molecular weight is 363 g/mol. The molecule has 3 nitrogen and oxygen atoms in total. The second kappa shape index (κ2) is 5.35. The predicted molar refractivity (Wildman–Crippen MR) is 88.5 cm³/mol. The molecule has 5 rings (SSSR count). The predicted octanol–water partition coefficient (Wildman–Crippen LogP) is 4.04. The Labute approximate surface area is 149 Å². The van der Waals surface area contributed by atoms with Crippen molar-refractivity contribution in [3.05, 3.63) is 47.0 Å². The number of carbonyl (C=O) groups is 1. The van der Waals surface area contributed by atoms with Gasteiger partial charge in [0.1, 0.15) is 0 Å². The van der Waals surface area contributed by atoms with Crippen LogP contribution in [0.4, 0.5) is 13.2 Å². The van der Waals surface area contributed by atoms with Crippen molar-refractivity contribution in [2.75, 3.05) is 6.54 Å². The number of piperidine rings is 1. The molecule has 4 aliphatic rings. The lowest BCUT2D eigenvalue weighted by Crippen LogP contribution is -2.48. The van der Waals surface area contributed by atoms with Gasteiger partial charge in [-0.2, -0.15) is 13.2 Å². The number of fused-ring (bicyclic) bond motifs is 3. The van der Waals surface area contributed by atoms with Crippen LogP contribution in [0.2, 0.25) is 0 Å². The van der Waals surface area contributed by atoms with Gasteiger partial charge in [-0.1, -0.05) is 18.6 Å². The van der Waals surface area contributed by atoms with Crippen LogP contribution in [-0.2, 0) is 15.7 Å². The molecular weight excluding hydrogens is 343 g/mol. The summed E-state index contributed by atoms with van der Waals surface area (Å²) in [5.41, 5.74) is 0.860. The Morgan fingerprint density at radius 1 is 1.15 bits per heavy atom. The van der Waals surface area contributed by atoms with Crippen LogP contribution in [0.3, 0.4) is 0 Å². The minimum atomic E-state index is -4.32. The van der Waals surface area contributed by atoms with Crippen molar-refractivity contribution < 1.29 is 22.7 Å². The molecule has 1 saturated carbocycles. The molecular formula is C20H20F3NO2. The van der Waals surface area contributed by atoms with E-state index in [1.807, 2.05) is 0 Å². The smallest absolute Gasteiger partial charge is 0.416 e. The van der Waals surface area contributed by atoms with Crippen molar-refractivity contribution in [3.8, 4) is 0 Å². The van der Waals surface area contributed by atoms with Gasteiger partial charge < -0.3 is 4.74 Å². The number of nitrogens with zero attached hydrogens (tertiary/aromatic N) is 1. The molecule has 1 aromatic rings. The first-order valence-corrected chi connectivity index (χ1v) is 9.25. The number of carbonyl (C=O) groups excluding carboxylic acids is 1. The van der Waals surface area contributed by atoms with E-state index in [2.05, 4.69) is 4.90 Å². The zero-order valence-electron chi connectivity index (χ0n) is 14.3. The number of benzene rings is 1. The zero-order chi connectivity index (χ0) is 18.1. The van der Waals surface area contributed by atoms with Gasteiger partial charge in [0, 0.05) is 24.5 Å². The third kappa shape index (κ3) is 2.20. The van der Waals surface area contributed by atoms with E-state index in [1.54, 1.807) is 18.2 Å². The SMILES string of the molecule is O=C1C=C2C[C@@H](c3ccc(C(F)(F)F)cc3)[C@@H]3C[C@@]2(O1)[C@H]1CCCCN31. The number of esters is 1. The molecule has 138 valence electrons. The molecule has 0 amide bonds. The zero-order valence-corrected chi connectivity index (χ0v) is 14.3. The molecule has 3 fully saturated rings. The minimum Gasteiger partial charge on any atom is -0.450 e. The maximum Gasteiger partial charge on any atom is 0.416 e. The second-order valence-electron chi connectivity index (χ2n) is 7.93. The van der Waals surface area contributed by atoms with Crippen LogP contribution in [0.5, 0.6) is 0 Å². The van der Waals surface area contributed by atoms with E-state index in [0.29, 0.717) is 6.42 Å². The van der Waals surface area contributed by atoms with Crippen molar-refractivity contribution in [1.82, 2.24) is 4.90 Å². The molecule has 0 N–H and O–H groups in total. The van der Waals surface area contributed by atoms with Crippen LogP contribution in [0.25, 0.3) is 0 Å². The number of rotatable bonds is 1. The fraction of sp³-hybridized carbons (Fsp3) is 0.550. The third-order valence-corrected chi connectivity index (χ3v) is 6.71. The van der Waals surface area contributed by atoms with Crippen LogP contribution in [0.15, 0.2) is 35.9 Å². The van der Waals surface area contributed by atoms with E-state index in [9.17, 15) is 18.0 Å². The minimum absolute atomic E-state index is 0.106. The van der Waals surface area contributed by atoms with E-state index < -0.39 is 17.3 Å². The Bertz CT molecular complexity index is 785. The van der Waals surface area contributed by atoms with Crippen molar-refractivity contribution >= 4 is 5.97 Å². The molecule has 26 heavy (non-hydrogen) atoms. The van der Waals surface area contributed by atoms with Crippen molar-refractivity contribution in [2.24, 2.45) is 0 Å². The first-order chi connectivity index (χ1) is 12.4. The summed E-state index contributed by atoms with van der Waals surface area (Å²) < 4.78 is 44.5. The Morgan fingerprint density at radius 3 is 2.65 bits per heavy atom. The summed E-state index contributed by atoms with van der Waals surface area (Å²) in [4.78, 5) is 14.5. The molecule has 0 aromatic heterocycles. The van der Waals surface area contributed by atoms with E-state index in [4.69, 9.17) is 4.74 Å². The van der Waals surface area contributed by atoms with E-state index >= 15 is 0 Å². The lowest BCUT2D eigenvalue weighted by atomic mass is 9.71. The Hall–Kier alpha value is -1.82. The molecule has 0 radical (unpaired) electrons. The molecule has 1 aliphatic carbocycles. The van der Waals surface area contributed by atoms with Gasteiger partial charge in [-0.15, -0.1) is 0 Å². The van der Waals surface area contributed by atoms with Crippen LogP contribution >= 0.6 is 0 Å². The van der Waals surface area contributed by atoms with E-state index in [-0.39, 0.29) is 24.0 Å². The van der Waals surface area contributed by atoms with Gasteiger partial charge in [0.2, 0.25) is 0 Å². The lowest BCUT2D eigenvalue weighted by Gasteiger charge is -2.38. The number of hydrogen-bond donors (Lipinski definition) is 0. The van der Waals surface area contributed by atoms with E-state index in [1.165, 1.54) is 12.1 Å². The molecule has 3 aliphatic heterocycles. The first-order valence-electron chi connectivity index (χ1n) is 9.25. The van der Waals surface area contributed by atoms with Gasteiger partial charge >= 0.3 is 12.1 Å². The summed E-state index contributed by atoms with van der Waals surface area (Å²) in [5.74, 6) is -0.159. The maximum atomic E-state index is 12.9. The quantitative estimate of drug-likeness (QED) is 0.706. The molecule has 0 unspecified atom stereocenters. The van der Waals surface area contributed by atoms with Crippen molar-refractivity contribution in [2.45, 2.75) is 61.9 Å².